The molecule has 1 nitrogen and oxygen atoms in total. The molecular formula is C15H21FO. The summed E-state index contributed by atoms with van der Waals surface area (Å²) in [7, 11) is 0. The average molecular weight is 236 g/mol. The fourth-order valence-electron chi connectivity index (χ4n) is 2.93. The maximum Gasteiger partial charge on any atom is 0.129 e. The monoisotopic (exact) mass is 236 g/mol. The van der Waals surface area contributed by atoms with E-state index in [0.29, 0.717) is 17.5 Å². The molecule has 0 saturated heterocycles. The minimum atomic E-state index is -0.530. The number of benzene rings is 1. The fourth-order valence-corrected chi connectivity index (χ4v) is 2.93. The highest BCUT2D eigenvalue weighted by atomic mass is 19.1. The molecule has 17 heavy (non-hydrogen) atoms. The smallest absolute Gasteiger partial charge is 0.129 e. The first-order chi connectivity index (χ1) is 7.82. The summed E-state index contributed by atoms with van der Waals surface area (Å²) in [4.78, 5) is 0. The normalized spacial score (nSPS) is 23.1. The van der Waals surface area contributed by atoms with Gasteiger partial charge in [0, 0.05) is 0 Å². The second kappa shape index (κ2) is 4.09. The summed E-state index contributed by atoms with van der Waals surface area (Å²) >= 11 is 0. The van der Waals surface area contributed by atoms with Gasteiger partial charge in [-0.15, -0.1) is 0 Å². The summed E-state index contributed by atoms with van der Waals surface area (Å²) in [6, 6.07) is 1.91. The van der Waals surface area contributed by atoms with Gasteiger partial charge in [0.1, 0.15) is 5.82 Å². The Hall–Kier alpha value is -0.890. The Morgan fingerprint density at radius 1 is 1.35 bits per heavy atom. The first kappa shape index (κ1) is 12.6. The Morgan fingerprint density at radius 3 is 2.65 bits per heavy atom. The molecule has 0 aromatic heterocycles. The Bertz CT molecular complexity index is 449. The summed E-state index contributed by atoms with van der Waals surface area (Å²) in [5.41, 5.74) is 3.39. The molecule has 1 aromatic rings. The number of fused-ring (bicyclic) bond motifs is 1. The van der Waals surface area contributed by atoms with Gasteiger partial charge in [0.2, 0.25) is 0 Å². The van der Waals surface area contributed by atoms with Gasteiger partial charge < -0.3 is 5.11 Å². The number of aliphatic hydroxyl groups excluding tert-OH is 1. The summed E-state index contributed by atoms with van der Waals surface area (Å²) in [5.74, 6) is -0.164. The molecule has 2 heteroatoms. The lowest BCUT2D eigenvalue weighted by Crippen LogP contribution is -2.14. The van der Waals surface area contributed by atoms with Crippen molar-refractivity contribution >= 4 is 0 Å². The van der Waals surface area contributed by atoms with Crippen molar-refractivity contribution in [3.63, 3.8) is 0 Å². The highest BCUT2D eigenvalue weighted by Gasteiger charge is 2.30. The van der Waals surface area contributed by atoms with E-state index in [-0.39, 0.29) is 11.2 Å². The van der Waals surface area contributed by atoms with Crippen molar-refractivity contribution in [2.75, 3.05) is 0 Å². The van der Waals surface area contributed by atoms with Gasteiger partial charge in [0.15, 0.2) is 0 Å². The van der Waals surface area contributed by atoms with Gasteiger partial charge in [0.05, 0.1) is 6.10 Å². The standard InChI is InChI=1S/C15H21FO/c1-9-7-11-5-6-15(3,4)8-12(17)13(11)10(2)14(9)16/h7,12,17H,5-6,8H2,1-4H3. The molecule has 1 atom stereocenters. The SMILES string of the molecule is Cc1cc2c(c(C)c1F)C(O)CC(C)(C)CC2. The second-order valence-electron chi connectivity index (χ2n) is 6.09. The Morgan fingerprint density at radius 2 is 2.00 bits per heavy atom. The van der Waals surface area contributed by atoms with Crippen LogP contribution in [-0.4, -0.2) is 5.11 Å². The Labute approximate surface area is 103 Å². The van der Waals surface area contributed by atoms with Crippen LogP contribution in [0, 0.1) is 25.1 Å². The third-order valence-electron chi connectivity index (χ3n) is 3.97. The molecule has 2 rings (SSSR count). The van der Waals surface area contributed by atoms with Crippen LogP contribution in [0.3, 0.4) is 0 Å². The molecule has 0 bridgehead atoms. The maximum atomic E-state index is 13.9. The Kier molecular flexibility index (Phi) is 3.03. The van der Waals surface area contributed by atoms with Gasteiger partial charge in [-0.05, 0) is 60.8 Å². The zero-order valence-electron chi connectivity index (χ0n) is 11.1. The molecule has 0 aliphatic heterocycles. The van der Waals surface area contributed by atoms with Gasteiger partial charge >= 0.3 is 0 Å². The van der Waals surface area contributed by atoms with Gasteiger partial charge in [-0.25, -0.2) is 4.39 Å². The molecule has 94 valence electrons. The summed E-state index contributed by atoms with van der Waals surface area (Å²) in [6.07, 6.45) is 2.16. The molecule has 0 spiro atoms. The molecule has 0 radical (unpaired) electrons. The second-order valence-corrected chi connectivity index (χ2v) is 6.09. The third-order valence-corrected chi connectivity index (χ3v) is 3.97. The summed E-state index contributed by atoms with van der Waals surface area (Å²) in [6.45, 7) is 7.91. The van der Waals surface area contributed by atoms with E-state index in [9.17, 15) is 9.50 Å². The zero-order valence-corrected chi connectivity index (χ0v) is 11.1. The average Bonchev–Trinajstić information content (AvgIpc) is 2.32. The number of aliphatic hydroxyl groups is 1. The number of rotatable bonds is 0. The van der Waals surface area contributed by atoms with Crippen LogP contribution in [-0.2, 0) is 6.42 Å². The van der Waals surface area contributed by atoms with E-state index in [0.717, 1.165) is 24.0 Å². The van der Waals surface area contributed by atoms with Crippen molar-refractivity contribution in [1.29, 1.82) is 0 Å². The topological polar surface area (TPSA) is 20.2 Å². The van der Waals surface area contributed by atoms with Crippen molar-refractivity contribution in [3.05, 3.63) is 34.1 Å². The van der Waals surface area contributed by atoms with Crippen molar-refractivity contribution in [2.24, 2.45) is 5.41 Å². The number of halogens is 1. The highest BCUT2D eigenvalue weighted by Crippen LogP contribution is 2.41. The van der Waals surface area contributed by atoms with Gasteiger partial charge in [-0.1, -0.05) is 19.9 Å². The molecule has 0 heterocycles. The van der Waals surface area contributed by atoms with Crippen LogP contribution >= 0.6 is 0 Å². The third kappa shape index (κ3) is 2.23. The van der Waals surface area contributed by atoms with E-state index in [1.807, 2.05) is 6.07 Å². The molecule has 1 aliphatic carbocycles. The summed E-state index contributed by atoms with van der Waals surface area (Å²) < 4.78 is 13.9. The van der Waals surface area contributed by atoms with Crippen LogP contribution < -0.4 is 0 Å². The lowest BCUT2D eigenvalue weighted by Gasteiger charge is -2.24. The van der Waals surface area contributed by atoms with Gasteiger partial charge in [-0.3, -0.25) is 0 Å². The van der Waals surface area contributed by atoms with E-state index >= 15 is 0 Å². The minimum absolute atomic E-state index is 0.120. The van der Waals surface area contributed by atoms with E-state index in [2.05, 4.69) is 13.8 Å². The number of hydrogen-bond donors (Lipinski definition) is 1. The van der Waals surface area contributed by atoms with Crippen molar-refractivity contribution in [3.8, 4) is 0 Å². The number of aryl methyl sites for hydroxylation is 2. The molecule has 1 N–H and O–H groups in total. The highest BCUT2D eigenvalue weighted by molar-refractivity contribution is 5.42. The Balaban J connectivity index is 2.56. The van der Waals surface area contributed by atoms with Crippen LogP contribution in [0.25, 0.3) is 0 Å². The fraction of sp³-hybridized carbons (Fsp3) is 0.600. The zero-order chi connectivity index (χ0) is 12.8. The van der Waals surface area contributed by atoms with Crippen LogP contribution in [0.4, 0.5) is 4.39 Å². The molecule has 1 unspecified atom stereocenters. The lowest BCUT2D eigenvalue weighted by atomic mass is 9.83. The largest absolute Gasteiger partial charge is 0.388 e. The van der Waals surface area contributed by atoms with E-state index in [1.54, 1.807) is 13.8 Å². The van der Waals surface area contributed by atoms with Crippen molar-refractivity contribution < 1.29 is 9.50 Å². The van der Waals surface area contributed by atoms with E-state index in [4.69, 9.17) is 0 Å². The first-order valence-electron chi connectivity index (χ1n) is 6.28. The summed E-state index contributed by atoms with van der Waals surface area (Å²) in [5, 5.41) is 10.3. The van der Waals surface area contributed by atoms with Crippen LogP contribution in [0.2, 0.25) is 0 Å². The molecule has 1 aromatic carbocycles. The molecular weight excluding hydrogens is 215 g/mol. The minimum Gasteiger partial charge on any atom is -0.388 e. The first-order valence-corrected chi connectivity index (χ1v) is 6.28. The van der Waals surface area contributed by atoms with E-state index in [1.165, 1.54) is 0 Å². The number of hydrogen-bond acceptors (Lipinski definition) is 1. The van der Waals surface area contributed by atoms with Gasteiger partial charge in [-0.2, -0.15) is 0 Å². The van der Waals surface area contributed by atoms with E-state index < -0.39 is 6.10 Å². The van der Waals surface area contributed by atoms with Crippen LogP contribution in [0.15, 0.2) is 6.07 Å². The molecule has 1 aliphatic rings. The van der Waals surface area contributed by atoms with Crippen LogP contribution in [0.1, 0.15) is 55.0 Å². The van der Waals surface area contributed by atoms with Gasteiger partial charge in [0.25, 0.3) is 0 Å². The maximum absolute atomic E-state index is 13.9. The quantitative estimate of drug-likeness (QED) is 0.679. The van der Waals surface area contributed by atoms with Crippen LogP contribution in [0.5, 0.6) is 0 Å². The van der Waals surface area contributed by atoms with Crippen molar-refractivity contribution in [2.45, 2.75) is 53.1 Å². The van der Waals surface area contributed by atoms with Crippen molar-refractivity contribution in [1.82, 2.24) is 0 Å². The lowest BCUT2D eigenvalue weighted by molar-refractivity contribution is 0.116. The predicted molar refractivity (Wildman–Crippen MR) is 67.6 cm³/mol. The predicted octanol–water partition coefficient (Wildman–Crippen LogP) is 3.84. The molecule has 0 amide bonds. The molecule has 0 saturated carbocycles. The molecule has 0 fully saturated rings.